The number of aromatic nitrogens is 2. The van der Waals surface area contributed by atoms with E-state index in [0.29, 0.717) is 13.0 Å². The summed E-state index contributed by atoms with van der Waals surface area (Å²) in [5, 5.41) is 5.56. The van der Waals surface area contributed by atoms with Gasteiger partial charge in [-0.1, -0.05) is 12.1 Å². The molecule has 6 nitrogen and oxygen atoms in total. The van der Waals surface area contributed by atoms with E-state index in [0.717, 1.165) is 42.8 Å². The summed E-state index contributed by atoms with van der Waals surface area (Å²) in [7, 11) is 1.67. The molecular weight excluding hydrogens is 352 g/mol. The number of methoxy groups -OCH3 is 1. The number of fused-ring (bicyclic) bond motifs is 1. The van der Waals surface area contributed by atoms with Crippen molar-refractivity contribution in [2.24, 2.45) is 0 Å². The molecule has 0 spiro atoms. The van der Waals surface area contributed by atoms with E-state index in [1.54, 1.807) is 7.11 Å². The highest BCUT2D eigenvalue weighted by atomic mass is 16.5. The fourth-order valence-corrected chi connectivity index (χ4v) is 3.73. The van der Waals surface area contributed by atoms with Gasteiger partial charge in [0.15, 0.2) is 0 Å². The second kappa shape index (κ2) is 7.92. The minimum atomic E-state index is 0.200. The quantitative estimate of drug-likeness (QED) is 0.685. The maximum absolute atomic E-state index is 12.7. The molecule has 1 aliphatic heterocycles. The average molecular weight is 378 g/mol. The molecule has 4 rings (SSSR count). The molecule has 0 unspecified atom stereocenters. The number of carbonyl (C=O) groups excluding carboxylic acids is 1. The van der Waals surface area contributed by atoms with Crippen LogP contribution in [0.4, 0.5) is 5.69 Å². The number of benzene rings is 2. The van der Waals surface area contributed by atoms with Crippen LogP contribution in [0.25, 0.3) is 10.9 Å². The predicted octanol–water partition coefficient (Wildman–Crippen LogP) is 3.09. The third-order valence-corrected chi connectivity index (χ3v) is 5.41. The summed E-state index contributed by atoms with van der Waals surface area (Å²) in [5.41, 5.74) is 3.47. The number of amides is 1. The van der Waals surface area contributed by atoms with Gasteiger partial charge in [0, 0.05) is 43.7 Å². The Morgan fingerprint density at radius 2 is 1.82 bits per heavy atom. The molecule has 1 aromatic heterocycles. The molecule has 0 radical (unpaired) electrons. The average Bonchev–Trinajstić information content (AvgIpc) is 3.14. The molecule has 0 atom stereocenters. The first-order valence-corrected chi connectivity index (χ1v) is 9.73. The number of ether oxygens (including phenoxy) is 1. The van der Waals surface area contributed by atoms with Crippen molar-refractivity contribution in [3.05, 3.63) is 54.2 Å². The van der Waals surface area contributed by atoms with E-state index in [1.165, 1.54) is 11.3 Å². The SMILES string of the molecule is COc1ccc(N2CCN(C(=O)CCn3ncc4ccc(C)cc43)CC2)cc1. The molecule has 0 saturated carbocycles. The van der Waals surface area contributed by atoms with Crippen molar-refractivity contribution in [3.8, 4) is 5.75 Å². The summed E-state index contributed by atoms with van der Waals surface area (Å²) in [6, 6.07) is 14.4. The van der Waals surface area contributed by atoms with E-state index in [1.807, 2.05) is 27.9 Å². The summed E-state index contributed by atoms with van der Waals surface area (Å²) in [5.74, 6) is 1.06. The van der Waals surface area contributed by atoms with Crippen LogP contribution in [0.1, 0.15) is 12.0 Å². The molecule has 1 fully saturated rings. The minimum Gasteiger partial charge on any atom is -0.497 e. The van der Waals surface area contributed by atoms with Gasteiger partial charge >= 0.3 is 0 Å². The number of hydrogen-bond acceptors (Lipinski definition) is 4. The molecule has 0 bridgehead atoms. The van der Waals surface area contributed by atoms with Gasteiger partial charge in [-0.15, -0.1) is 0 Å². The van der Waals surface area contributed by atoms with Gasteiger partial charge < -0.3 is 14.5 Å². The molecule has 0 aliphatic carbocycles. The van der Waals surface area contributed by atoms with Crippen molar-refractivity contribution < 1.29 is 9.53 Å². The first-order valence-electron chi connectivity index (χ1n) is 9.73. The third kappa shape index (κ3) is 3.81. The van der Waals surface area contributed by atoms with Crippen LogP contribution in [0.15, 0.2) is 48.7 Å². The Bertz CT molecular complexity index is 956. The third-order valence-electron chi connectivity index (χ3n) is 5.41. The van der Waals surface area contributed by atoms with Gasteiger partial charge in [0.25, 0.3) is 0 Å². The van der Waals surface area contributed by atoms with Crippen LogP contribution in [-0.2, 0) is 11.3 Å². The van der Waals surface area contributed by atoms with Crippen LogP contribution in [0, 0.1) is 6.92 Å². The summed E-state index contributed by atoms with van der Waals surface area (Å²) in [4.78, 5) is 17.0. The van der Waals surface area contributed by atoms with Crippen molar-refractivity contribution in [2.45, 2.75) is 19.9 Å². The van der Waals surface area contributed by atoms with Crippen molar-refractivity contribution in [3.63, 3.8) is 0 Å². The molecule has 6 heteroatoms. The molecule has 2 heterocycles. The fourth-order valence-electron chi connectivity index (χ4n) is 3.73. The number of nitrogens with zero attached hydrogens (tertiary/aromatic N) is 4. The van der Waals surface area contributed by atoms with E-state index < -0.39 is 0 Å². The first kappa shape index (κ1) is 18.3. The molecule has 1 aliphatic rings. The van der Waals surface area contributed by atoms with Crippen LogP contribution in [0.5, 0.6) is 5.75 Å². The number of piperazine rings is 1. The predicted molar refractivity (Wildman–Crippen MR) is 111 cm³/mol. The van der Waals surface area contributed by atoms with E-state index in [4.69, 9.17) is 4.74 Å². The van der Waals surface area contributed by atoms with Crippen LogP contribution in [0.2, 0.25) is 0 Å². The smallest absolute Gasteiger partial charge is 0.224 e. The van der Waals surface area contributed by atoms with E-state index in [-0.39, 0.29) is 5.91 Å². The Morgan fingerprint density at radius 3 is 2.54 bits per heavy atom. The standard InChI is InChI=1S/C22H26N4O2/c1-17-3-4-18-16-23-26(21(18)15-17)10-9-22(27)25-13-11-24(12-14-25)19-5-7-20(28-2)8-6-19/h3-8,15-16H,9-14H2,1-2H3. The van der Waals surface area contributed by atoms with E-state index in [9.17, 15) is 4.79 Å². The molecule has 2 aromatic carbocycles. The van der Waals surface area contributed by atoms with E-state index in [2.05, 4.69) is 47.3 Å². The highest BCUT2D eigenvalue weighted by Gasteiger charge is 2.21. The number of rotatable bonds is 5. The topological polar surface area (TPSA) is 50.6 Å². The number of aryl methyl sites for hydroxylation is 2. The summed E-state index contributed by atoms with van der Waals surface area (Å²) in [6.07, 6.45) is 2.35. The van der Waals surface area contributed by atoms with Gasteiger partial charge in [-0.3, -0.25) is 9.48 Å². The Morgan fingerprint density at radius 1 is 1.07 bits per heavy atom. The van der Waals surface area contributed by atoms with Crippen LogP contribution in [-0.4, -0.2) is 53.9 Å². The Labute approximate surface area is 165 Å². The molecular formula is C22H26N4O2. The zero-order valence-corrected chi connectivity index (χ0v) is 16.5. The fraction of sp³-hybridized carbons (Fsp3) is 0.364. The number of hydrogen-bond donors (Lipinski definition) is 0. The van der Waals surface area contributed by atoms with Crippen molar-refractivity contribution >= 4 is 22.5 Å². The summed E-state index contributed by atoms with van der Waals surface area (Å²) in [6.45, 7) is 5.90. The number of anilines is 1. The van der Waals surface area contributed by atoms with Crippen LogP contribution < -0.4 is 9.64 Å². The Hall–Kier alpha value is -3.02. The summed E-state index contributed by atoms with van der Waals surface area (Å²) < 4.78 is 7.16. The lowest BCUT2D eigenvalue weighted by atomic mass is 10.2. The monoisotopic (exact) mass is 378 g/mol. The zero-order chi connectivity index (χ0) is 19.5. The Kier molecular flexibility index (Phi) is 5.19. The van der Waals surface area contributed by atoms with Crippen molar-refractivity contribution in [2.75, 3.05) is 38.2 Å². The molecule has 0 N–H and O–H groups in total. The highest BCUT2D eigenvalue weighted by Crippen LogP contribution is 2.21. The summed E-state index contributed by atoms with van der Waals surface area (Å²) >= 11 is 0. The van der Waals surface area contributed by atoms with Gasteiger partial charge in [0.1, 0.15) is 5.75 Å². The first-order chi connectivity index (χ1) is 13.6. The minimum absolute atomic E-state index is 0.200. The second-order valence-corrected chi connectivity index (χ2v) is 7.25. The van der Waals surface area contributed by atoms with Crippen LogP contribution >= 0.6 is 0 Å². The van der Waals surface area contributed by atoms with Gasteiger partial charge in [-0.05, 0) is 42.8 Å². The maximum Gasteiger partial charge on any atom is 0.224 e. The van der Waals surface area contributed by atoms with Crippen molar-refractivity contribution in [1.82, 2.24) is 14.7 Å². The lowest BCUT2D eigenvalue weighted by Crippen LogP contribution is -2.49. The van der Waals surface area contributed by atoms with E-state index >= 15 is 0 Å². The van der Waals surface area contributed by atoms with Gasteiger partial charge in [-0.2, -0.15) is 5.10 Å². The van der Waals surface area contributed by atoms with Crippen molar-refractivity contribution in [1.29, 1.82) is 0 Å². The molecule has 1 amide bonds. The normalized spacial score (nSPS) is 14.5. The molecule has 28 heavy (non-hydrogen) atoms. The molecule has 1 saturated heterocycles. The van der Waals surface area contributed by atoms with Gasteiger partial charge in [0.05, 0.1) is 25.4 Å². The Balaban J connectivity index is 1.31. The number of carbonyl (C=O) groups is 1. The lowest BCUT2D eigenvalue weighted by Gasteiger charge is -2.36. The highest BCUT2D eigenvalue weighted by molar-refractivity contribution is 5.80. The second-order valence-electron chi connectivity index (χ2n) is 7.25. The largest absolute Gasteiger partial charge is 0.497 e. The molecule has 146 valence electrons. The molecule has 3 aromatic rings. The maximum atomic E-state index is 12.7. The van der Waals surface area contributed by atoms with Gasteiger partial charge in [0.2, 0.25) is 5.91 Å². The van der Waals surface area contributed by atoms with Gasteiger partial charge in [-0.25, -0.2) is 0 Å². The lowest BCUT2D eigenvalue weighted by molar-refractivity contribution is -0.131. The zero-order valence-electron chi connectivity index (χ0n) is 16.5. The van der Waals surface area contributed by atoms with Crippen LogP contribution in [0.3, 0.4) is 0 Å².